The van der Waals surface area contributed by atoms with E-state index < -0.39 is 0 Å². The maximum absolute atomic E-state index is 6.24. The highest BCUT2D eigenvalue weighted by molar-refractivity contribution is 6.11. The van der Waals surface area contributed by atoms with Crippen LogP contribution in [0.1, 0.15) is 0 Å². The molecule has 40 heavy (non-hydrogen) atoms. The Hall–Kier alpha value is -5.55. The van der Waals surface area contributed by atoms with Gasteiger partial charge in [-0.25, -0.2) is 4.98 Å². The summed E-state index contributed by atoms with van der Waals surface area (Å²) >= 11 is 0. The predicted molar refractivity (Wildman–Crippen MR) is 162 cm³/mol. The highest BCUT2D eigenvalue weighted by Gasteiger charge is 2.20. The van der Waals surface area contributed by atoms with Gasteiger partial charge < -0.3 is 4.42 Å². The fraction of sp³-hybridized carbons (Fsp3) is 0. The van der Waals surface area contributed by atoms with Crippen LogP contribution in [0.15, 0.2) is 138 Å². The van der Waals surface area contributed by atoms with E-state index >= 15 is 0 Å². The zero-order valence-electron chi connectivity index (χ0n) is 21.4. The molecule has 0 spiro atoms. The molecular formula is C35H22N4O. The number of nitrogens with zero attached hydrogens (tertiary/aromatic N) is 4. The Morgan fingerprint density at radius 1 is 0.525 bits per heavy atom. The summed E-state index contributed by atoms with van der Waals surface area (Å²) in [5.74, 6) is 0.923. The first-order valence-corrected chi connectivity index (χ1v) is 13.4. The number of hydrogen-bond acceptors (Lipinski definition) is 2. The molecule has 0 saturated carbocycles. The third-order valence-corrected chi connectivity index (χ3v) is 7.87. The Morgan fingerprint density at radius 3 is 2.05 bits per heavy atom. The van der Waals surface area contributed by atoms with Gasteiger partial charge in [-0.2, -0.15) is 0 Å². The van der Waals surface area contributed by atoms with Crippen molar-refractivity contribution in [2.75, 3.05) is 0 Å². The van der Waals surface area contributed by atoms with Crippen LogP contribution >= 0.6 is 0 Å². The summed E-state index contributed by atoms with van der Waals surface area (Å²) in [7, 11) is 0. The average molecular weight is 515 g/mol. The third kappa shape index (κ3) is 2.89. The Balaban J connectivity index is 1.29. The van der Waals surface area contributed by atoms with Gasteiger partial charge in [-0.15, -0.1) is 0 Å². The molecule has 4 heterocycles. The van der Waals surface area contributed by atoms with Crippen LogP contribution in [0.25, 0.3) is 72.5 Å². The minimum Gasteiger partial charge on any atom is -0.438 e. The minimum absolute atomic E-state index is 0.846. The monoisotopic (exact) mass is 514 g/mol. The molecule has 0 saturated heterocycles. The van der Waals surface area contributed by atoms with Crippen molar-refractivity contribution >= 4 is 49.8 Å². The fourth-order valence-electron chi connectivity index (χ4n) is 6.13. The van der Waals surface area contributed by atoms with Crippen molar-refractivity contribution in [2.45, 2.75) is 0 Å². The predicted octanol–water partition coefficient (Wildman–Crippen LogP) is 8.79. The van der Waals surface area contributed by atoms with E-state index in [1.165, 1.54) is 10.8 Å². The smallest absolute Gasteiger partial charge is 0.207 e. The summed E-state index contributed by atoms with van der Waals surface area (Å²) in [4.78, 5) is 5.05. The molecule has 0 unspecified atom stereocenters. The number of oxazole rings is 1. The van der Waals surface area contributed by atoms with E-state index in [4.69, 9.17) is 9.40 Å². The van der Waals surface area contributed by atoms with E-state index in [-0.39, 0.29) is 0 Å². The molecule has 0 aliphatic rings. The van der Waals surface area contributed by atoms with Gasteiger partial charge in [-0.1, -0.05) is 60.7 Å². The second kappa shape index (κ2) is 7.98. The summed E-state index contributed by atoms with van der Waals surface area (Å²) < 4.78 is 13.0. The van der Waals surface area contributed by atoms with Gasteiger partial charge in [0.2, 0.25) is 5.71 Å². The molecule has 9 rings (SSSR count). The normalized spacial score (nSPS) is 12.0. The third-order valence-electron chi connectivity index (χ3n) is 7.87. The number of benzene rings is 5. The van der Waals surface area contributed by atoms with Crippen molar-refractivity contribution < 1.29 is 4.42 Å². The van der Waals surface area contributed by atoms with Crippen LogP contribution in [0.4, 0.5) is 0 Å². The van der Waals surface area contributed by atoms with E-state index in [0.29, 0.717) is 0 Å². The highest BCUT2D eigenvalue weighted by Crippen LogP contribution is 2.37. The molecule has 5 aromatic carbocycles. The maximum atomic E-state index is 6.24. The van der Waals surface area contributed by atoms with Gasteiger partial charge in [-0.3, -0.25) is 13.5 Å². The molecule has 0 N–H and O–H groups in total. The lowest BCUT2D eigenvalue weighted by atomic mass is 10.1. The van der Waals surface area contributed by atoms with Crippen LogP contribution in [-0.2, 0) is 0 Å². The summed E-state index contributed by atoms with van der Waals surface area (Å²) in [6.45, 7) is 0. The summed E-state index contributed by atoms with van der Waals surface area (Å²) in [5.41, 5.74) is 10.4. The molecule has 0 amide bonds. The Labute approximate surface area is 228 Å². The Bertz CT molecular complexity index is 2370. The second-order valence-electron chi connectivity index (χ2n) is 10.1. The molecule has 0 aliphatic heterocycles. The zero-order chi connectivity index (χ0) is 26.2. The quantitative estimate of drug-likeness (QED) is 0.236. The minimum atomic E-state index is 0.846. The number of rotatable bonds is 3. The molecule has 9 aromatic rings. The summed E-state index contributed by atoms with van der Waals surface area (Å²) in [6, 6.07) is 46.4. The lowest BCUT2D eigenvalue weighted by molar-refractivity contribution is 0.657. The van der Waals surface area contributed by atoms with Gasteiger partial charge in [0.25, 0.3) is 0 Å². The molecule has 5 nitrogen and oxygen atoms in total. The van der Waals surface area contributed by atoms with Gasteiger partial charge in [0.05, 0.1) is 22.1 Å². The van der Waals surface area contributed by atoms with Crippen LogP contribution in [0.5, 0.6) is 0 Å². The van der Waals surface area contributed by atoms with Crippen molar-refractivity contribution in [3.8, 4) is 22.8 Å². The van der Waals surface area contributed by atoms with Crippen LogP contribution in [0.3, 0.4) is 0 Å². The number of fused-ring (bicyclic) bond motifs is 8. The van der Waals surface area contributed by atoms with Crippen LogP contribution in [0, 0.1) is 0 Å². The molecule has 0 aliphatic carbocycles. The van der Waals surface area contributed by atoms with Gasteiger partial charge in [0.1, 0.15) is 11.5 Å². The second-order valence-corrected chi connectivity index (χ2v) is 10.1. The fourth-order valence-corrected chi connectivity index (χ4v) is 6.13. The standard InChI is InChI=1S/C35H22N4O/c1-2-10-24(11-3-1)37-30-15-7-5-13-28(30)36-34(37)23-18-20-25(21-19-23)38-29-14-6-4-12-26(29)27-22-33-39(35(27)38)31-16-8-9-17-32(31)40-33/h1-22H. The summed E-state index contributed by atoms with van der Waals surface area (Å²) in [6.07, 6.45) is 0. The lowest BCUT2D eigenvalue weighted by Crippen LogP contribution is -1.99. The van der Waals surface area contributed by atoms with Gasteiger partial charge in [0, 0.05) is 33.8 Å². The zero-order valence-corrected chi connectivity index (χ0v) is 21.4. The van der Waals surface area contributed by atoms with Crippen LogP contribution < -0.4 is 0 Å². The lowest BCUT2D eigenvalue weighted by Gasteiger charge is -2.11. The highest BCUT2D eigenvalue weighted by atomic mass is 16.3. The maximum Gasteiger partial charge on any atom is 0.207 e. The van der Waals surface area contributed by atoms with Crippen LogP contribution in [0.2, 0.25) is 0 Å². The van der Waals surface area contributed by atoms with E-state index in [9.17, 15) is 0 Å². The van der Waals surface area contributed by atoms with Gasteiger partial charge >= 0.3 is 0 Å². The van der Waals surface area contributed by atoms with E-state index in [1.807, 2.05) is 24.3 Å². The van der Waals surface area contributed by atoms with Crippen molar-refractivity contribution in [1.82, 2.24) is 18.5 Å². The molecule has 188 valence electrons. The average Bonchev–Trinajstić information content (AvgIpc) is 3.75. The Kier molecular flexibility index (Phi) is 4.27. The first kappa shape index (κ1) is 21.4. The Morgan fingerprint density at radius 2 is 1.20 bits per heavy atom. The van der Waals surface area contributed by atoms with E-state index in [2.05, 4.69) is 123 Å². The topological polar surface area (TPSA) is 40.3 Å². The van der Waals surface area contributed by atoms with Gasteiger partial charge in [-0.05, 0) is 66.7 Å². The van der Waals surface area contributed by atoms with E-state index in [0.717, 1.165) is 61.8 Å². The van der Waals surface area contributed by atoms with Crippen LogP contribution in [-0.4, -0.2) is 18.5 Å². The summed E-state index contributed by atoms with van der Waals surface area (Å²) in [5, 5.41) is 2.38. The molecule has 0 fully saturated rings. The van der Waals surface area contributed by atoms with Crippen molar-refractivity contribution in [1.29, 1.82) is 0 Å². The van der Waals surface area contributed by atoms with Gasteiger partial charge in [0.15, 0.2) is 5.58 Å². The SMILES string of the molecule is c1ccc(-n2c(-c3ccc(-n4c5ccccc5c5cc6oc7ccccc7n6c54)cc3)nc3ccccc32)cc1. The number of hydrogen-bond donors (Lipinski definition) is 0. The molecule has 0 bridgehead atoms. The number of para-hydroxylation sites is 6. The van der Waals surface area contributed by atoms with Crippen molar-refractivity contribution in [3.05, 3.63) is 133 Å². The number of aromatic nitrogens is 4. The van der Waals surface area contributed by atoms with E-state index in [1.54, 1.807) is 0 Å². The first-order valence-electron chi connectivity index (χ1n) is 13.4. The molecule has 0 atom stereocenters. The largest absolute Gasteiger partial charge is 0.438 e. The van der Waals surface area contributed by atoms with Crippen molar-refractivity contribution in [3.63, 3.8) is 0 Å². The first-order chi connectivity index (χ1) is 19.8. The molecular weight excluding hydrogens is 492 g/mol. The molecule has 0 radical (unpaired) electrons. The molecule has 4 aromatic heterocycles. The molecule has 5 heteroatoms. The van der Waals surface area contributed by atoms with Crippen molar-refractivity contribution in [2.24, 2.45) is 0 Å². The number of imidazole rings is 1.